The lowest BCUT2D eigenvalue weighted by Gasteiger charge is -2.19. The lowest BCUT2D eigenvalue weighted by atomic mass is 10.0. The number of amides is 1. The molecule has 0 spiro atoms. The first-order valence-electron chi connectivity index (χ1n) is 12.0. The molecular weight excluding hydrogens is 458 g/mol. The van der Waals surface area contributed by atoms with Crippen LogP contribution in [-0.4, -0.2) is 22.1 Å². The van der Waals surface area contributed by atoms with Crippen molar-refractivity contribution in [1.82, 2.24) is 9.55 Å². The van der Waals surface area contributed by atoms with Crippen molar-refractivity contribution in [2.75, 3.05) is 11.9 Å². The summed E-state index contributed by atoms with van der Waals surface area (Å²) in [6.07, 6.45) is 3.11. The Bertz CT molecular complexity index is 1400. The third kappa shape index (κ3) is 4.73. The smallest absolute Gasteiger partial charge is 0.263 e. The van der Waals surface area contributed by atoms with Crippen molar-refractivity contribution < 1.29 is 9.53 Å². The predicted octanol–water partition coefficient (Wildman–Crippen LogP) is 6.16. The zero-order valence-electron chi connectivity index (χ0n) is 20.8. The summed E-state index contributed by atoms with van der Waals surface area (Å²) in [5, 5.41) is 3.63. The minimum Gasteiger partial charge on any atom is -0.494 e. The van der Waals surface area contributed by atoms with Gasteiger partial charge in [-0.15, -0.1) is 11.3 Å². The number of carbonyl (C=O) groups is 1. The number of hydrogen-bond acceptors (Lipinski definition) is 5. The SMILES string of the molecule is CCOc1ccc(-c2c(C)sc3ncn(C(C)C(=O)Nc4c(CC)cccc4CC)c(=O)c23)cc1. The number of nitrogens with one attached hydrogen (secondary N) is 1. The number of carbonyl (C=O) groups excluding carboxylic acids is 1. The van der Waals surface area contributed by atoms with E-state index in [0.29, 0.717) is 16.8 Å². The highest BCUT2D eigenvalue weighted by atomic mass is 32.1. The summed E-state index contributed by atoms with van der Waals surface area (Å²) >= 11 is 1.49. The molecule has 4 rings (SSSR count). The minimum absolute atomic E-state index is 0.217. The van der Waals surface area contributed by atoms with Crippen LogP contribution < -0.4 is 15.6 Å². The summed E-state index contributed by atoms with van der Waals surface area (Å²) < 4.78 is 6.99. The number of hydrogen-bond donors (Lipinski definition) is 1. The molecule has 1 unspecified atom stereocenters. The van der Waals surface area contributed by atoms with Gasteiger partial charge < -0.3 is 10.1 Å². The lowest BCUT2D eigenvalue weighted by molar-refractivity contribution is -0.118. The number of rotatable bonds is 8. The number of thiophene rings is 1. The first kappa shape index (κ1) is 24.7. The number of anilines is 1. The van der Waals surface area contributed by atoms with Crippen LogP contribution in [0, 0.1) is 6.92 Å². The van der Waals surface area contributed by atoms with Crippen LogP contribution in [0.15, 0.2) is 53.6 Å². The van der Waals surface area contributed by atoms with Crippen LogP contribution in [-0.2, 0) is 17.6 Å². The second-order valence-electron chi connectivity index (χ2n) is 8.45. The van der Waals surface area contributed by atoms with E-state index in [4.69, 9.17) is 4.74 Å². The van der Waals surface area contributed by atoms with Crippen LogP contribution in [0.2, 0.25) is 0 Å². The molecule has 0 bridgehead atoms. The van der Waals surface area contributed by atoms with Crippen molar-refractivity contribution in [3.05, 3.63) is 75.1 Å². The highest BCUT2D eigenvalue weighted by Gasteiger charge is 2.23. The molecule has 0 aliphatic heterocycles. The molecule has 0 fully saturated rings. The number of aryl methyl sites for hydroxylation is 3. The predicted molar refractivity (Wildman–Crippen MR) is 144 cm³/mol. The van der Waals surface area contributed by atoms with E-state index in [2.05, 4.69) is 24.1 Å². The van der Waals surface area contributed by atoms with Gasteiger partial charge in [-0.3, -0.25) is 14.2 Å². The van der Waals surface area contributed by atoms with Gasteiger partial charge in [-0.25, -0.2) is 4.98 Å². The molecule has 35 heavy (non-hydrogen) atoms. The second-order valence-corrected chi connectivity index (χ2v) is 9.65. The van der Waals surface area contributed by atoms with E-state index < -0.39 is 6.04 Å². The highest BCUT2D eigenvalue weighted by Crippen LogP contribution is 2.36. The van der Waals surface area contributed by atoms with Crippen LogP contribution >= 0.6 is 11.3 Å². The molecule has 0 radical (unpaired) electrons. The van der Waals surface area contributed by atoms with E-state index in [9.17, 15) is 9.59 Å². The summed E-state index contributed by atoms with van der Waals surface area (Å²) in [7, 11) is 0. The van der Waals surface area contributed by atoms with Crippen LogP contribution in [0.25, 0.3) is 21.3 Å². The fourth-order valence-electron chi connectivity index (χ4n) is 4.38. The van der Waals surface area contributed by atoms with Gasteiger partial charge >= 0.3 is 0 Å². The summed E-state index contributed by atoms with van der Waals surface area (Å²) in [6, 6.07) is 13.1. The van der Waals surface area contributed by atoms with Crippen molar-refractivity contribution in [3.63, 3.8) is 0 Å². The first-order valence-corrected chi connectivity index (χ1v) is 12.9. The molecule has 2 aromatic heterocycles. The van der Waals surface area contributed by atoms with Crippen LogP contribution in [0.4, 0.5) is 5.69 Å². The molecule has 182 valence electrons. The van der Waals surface area contributed by atoms with Gasteiger partial charge in [-0.05, 0) is 62.4 Å². The summed E-state index contributed by atoms with van der Waals surface area (Å²) in [5.41, 5.74) is 4.57. The Morgan fingerprint density at radius 3 is 2.34 bits per heavy atom. The Morgan fingerprint density at radius 2 is 1.74 bits per heavy atom. The molecule has 1 atom stereocenters. The van der Waals surface area contributed by atoms with Crippen molar-refractivity contribution in [2.45, 2.75) is 53.5 Å². The van der Waals surface area contributed by atoms with Crippen molar-refractivity contribution >= 4 is 33.1 Å². The van der Waals surface area contributed by atoms with Gasteiger partial charge in [0.15, 0.2) is 0 Å². The van der Waals surface area contributed by atoms with Crippen molar-refractivity contribution in [2.24, 2.45) is 0 Å². The van der Waals surface area contributed by atoms with E-state index in [1.165, 1.54) is 22.2 Å². The zero-order valence-corrected chi connectivity index (χ0v) is 21.7. The Morgan fingerprint density at radius 1 is 1.09 bits per heavy atom. The zero-order chi connectivity index (χ0) is 25.1. The Kier molecular flexibility index (Phi) is 7.36. The molecule has 1 amide bonds. The van der Waals surface area contributed by atoms with Gasteiger partial charge in [0.05, 0.1) is 18.3 Å². The number of aromatic nitrogens is 2. The Hall–Kier alpha value is -3.45. The number of fused-ring (bicyclic) bond motifs is 1. The first-order chi connectivity index (χ1) is 16.9. The lowest BCUT2D eigenvalue weighted by Crippen LogP contribution is -2.32. The highest BCUT2D eigenvalue weighted by molar-refractivity contribution is 7.19. The summed E-state index contributed by atoms with van der Waals surface area (Å²) in [5.74, 6) is 0.548. The Balaban J connectivity index is 1.73. The van der Waals surface area contributed by atoms with Crippen LogP contribution in [0.3, 0.4) is 0 Å². The topological polar surface area (TPSA) is 73.2 Å². The van der Waals surface area contributed by atoms with Gasteiger partial charge in [-0.1, -0.05) is 44.2 Å². The van der Waals surface area contributed by atoms with Gasteiger partial charge in [0.2, 0.25) is 5.91 Å². The summed E-state index contributed by atoms with van der Waals surface area (Å²) in [4.78, 5) is 33.2. The standard InChI is InChI=1S/C28H31N3O3S/c1-6-19-10-9-11-20(7-2)25(19)30-26(32)17(4)31-16-29-27-24(28(31)33)23(18(5)35-27)21-12-14-22(15-13-21)34-8-3/h9-17H,6-8H2,1-5H3,(H,30,32). The van der Waals surface area contributed by atoms with E-state index in [0.717, 1.165) is 51.4 Å². The fourth-order valence-corrected chi connectivity index (χ4v) is 5.38. The fraction of sp³-hybridized carbons (Fsp3) is 0.321. The van der Waals surface area contributed by atoms with E-state index in [-0.39, 0.29) is 11.5 Å². The number of para-hydroxylation sites is 1. The van der Waals surface area contributed by atoms with Gasteiger partial charge in [0.25, 0.3) is 5.56 Å². The Labute approximate surface area is 209 Å². The minimum atomic E-state index is -0.720. The molecule has 2 aromatic carbocycles. The molecular formula is C28H31N3O3S. The van der Waals surface area contributed by atoms with Crippen LogP contribution in [0.5, 0.6) is 5.75 Å². The maximum atomic E-state index is 13.7. The quantitative estimate of drug-likeness (QED) is 0.322. The maximum absolute atomic E-state index is 13.7. The molecule has 7 heteroatoms. The molecule has 1 N–H and O–H groups in total. The number of nitrogens with zero attached hydrogens (tertiary/aromatic N) is 2. The molecule has 0 aliphatic rings. The molecule has 6 nitrogen and oxygen atoms in total. The molecule has 4 aromatic rings. The van der Waals surface area contributed by atoms with Gasteiger partial charge in [0, 0.05) is 16.1 Å². The molecule has 0 saturated carbocycles. The molecule has 2 heterocycles. The summed E-state index contributed by atoms with van der Waals surface area (Å²) in [6.45, 7) is 10.4. The average Bonchev–Trinajstić information content (AvgIpc) is 3.21. The van der Waals surface area contributed by atoms with Crippen molar-refractivity contribution in [3.8, 4) is 16.9 Å². The molecule has 0 saturated heterocycles. The molecule has 0 aliphatic carbocycles. The van der Waals surface area contributed by atoms with Gasteiger partial charge in [-0.2, -0.15) is 0 Å². The normalized spacial score (nSPS) is 12.0. The van der Waals surface area contributed by atoms with E-state index in [1.54, 1.807) is 6.92 Å². The number of benzene rings is 2. The number of ether oxygens (including phenoxy) is 1. The third-order valence-corrected chi connectivity index (χ3v) is 7.32. The van der Waals surface area contributed by atoms with Gasteiger partial charge in [0.1, 0.15) is 16.6 Å². The van der Waals surface area contributed by atoms with Crippen molar-refractivity contribution in [1.29, 1.82) is 0 Å². The maximum Gasteiger partial charge on any atom is 0.263 e. The average molecular weight is 490 g/mol. The third-order valence-electron chi connectivity index (χ3n) is 6.31. The van der Waals surface area contributed by atoms with Crippen LogP contribution in [0.1, 0.15) is 49.7 Å². The monoisotopic (exact) mass is 489 g/mol. The second kappa shape index (κ2) is 10.4. The van der Waals surface area contributed by atoms with E-state index in [1.807, 2.05) is 56.3 Å². The van der Waals surface area contributed by atoms with E-state index >= 15 is 0 Å². The largest absolute Gasteiger partial charge is 0.494 e.